The van der Waals surface area contributed by atoms with Gasteiger partial charge >= 0.3 is 0 Å². The lowest BCUT2D eigenvalue weighted by molar-refractivity contribution is -0.127. The summed E-state index contributed by atoms with van der Waals surface area (Å²) in [4.78, 5) is 11.9. The van der Waals surface area contributed by atoms with Crippen molar-refractivity contribution in [3.63, 3.8) is 0 Å². The Morgan fingerprint density at radius 1 is 1.24 bits per heavy atom. The topological polar surface area (TPSA) is 29.1 Å². The summed E-state index contributed by atoms with van der Waals surface area (Å²) in [5.41, 5.74) is 1.09. The van der Waals surface area contributed by atoms with Crippen molar-refractivity contribution in [3.05, 3.63) is 35.9 Å². The minimum absolute atomic E-state index is 0.172. The first kappa shape index (κ1) is 13.9. The van der Waals surface area contributed by atoms with Crippen molar-refractivity contribution in [2.45, 2.75) is 40.2 Å². The summed E-state index contributed by atoms with van der Waals surface area (Å²) in [6.45, 7) is 7.70. The fourth-order valence-electron chi connectivity index (χ4n) is 1.57. The Morgan fingerprint density at radius 2 is 1.88 bits per heavy atom. The Hall–Kier alpha value is -1.15. The zero-order valence-electron chi connectivity index (χ0n) is 11.1. The molecular weight excluding hydrogens is 210 g/mol. The van der Waals surface area contributed by atoms with Gasteiger partial charge in [-0.05, 0) is 12.0 Å². The van der Waals surface area contributed by atoms with Gasteiger partial charge in [-0.1, -0.05) is 51.1 Å². The number of benzene rings is 1. The Kier molecular flexibility index (Phi) is 5.36. The molecule has 0 aliphatic rings. The quantitative estimate of drug-likeness (QED) is 0.733. The van der Waals surface area contributed by atoms with Crippen LogP contribution in [0.4, 0.5) is 0 Å². The molecule has 1 aromatic rings. The fraction of sp³-hybridized carbons (Fsp3) is 0.533. The van der Waals surface area contributed by atoms with Gasteiger partial charge in [0.05, 0.1) is 0 Å². The van der Waals surface area contributed by atoms with E-state index in [9.17, 15) is 4.79 Å². The van der Waals surface area contributed by atoms with Gasteiger partial charge in [0.1, 0.15) is 5.78 Å². The van der Waals surface area contributed by atoms with E-state index in [0.29, 0.717) is 12.2 Å². The van der Waals surface area contributed by atoms with Crippen molar-refractivity contribution in [3.8, 4) is 0 Å². The summed E-state index contributed by atoms with van der Waals surface area (Å²) < 4.78 is 0. The number of ketones is 1. The predicted octanol–water partition coefficient (Wildman–Crippen LogP) is 3.17. The van der Waals surface area contributed by atoms with E-state index < -0.39 is 0 Å². The van der Waals surface area contributed by atoms with Crippen LogP contribution in [0.5, 0.6) is 0 Å². The summed E-state index contributed by atoms with van der Waals surface area (Å²) in [5, 5.41) is 3.31. The molecule has 0 bridgehead atoms. The molecule has 0 aromatic heterocycles. The lowest BCUT2D eigenvalue weighted by atomic mass is 9.84. The SMILES string of the molecule is CCC(C)(C)C(=O)CCNCc1ccccc1. The molecule has 2 heteroatoms. The molecule has 17 heavy (non-hydrogen) atoms. The van der Waals surface area contributed by atoms with Crippen LogP contribution in [0.1, 0.15) is 39.2 Å². The highest BCUT2D eigenvalue weighted by Crippen LogP contribution is 2.22. The third kappa shape index (κ3) is 4.70. The highest BCUT2D eigenvalue weighted by atomic mass is 16.1. The number of Topliss-reactive ketones (excluding diaryl/α,β-unsaturated/α-hetero) is 1. The average Bonchev–Trinajstić information content (AvgIpc) is 2.35. The molecule has 0 saturated carbocycles. The maximum absolute atomic E-state index is 11.9. The van der Waals surface area contributed by atoms with Crippen LogP contribution in [0.15, 0.2) is 30.3 Å². The van der Waals surface area contributed by atoms with E-state index in [1.165, 1.54) is 5.56 Å². The predicted molar refractivity (Wildman–Crippen MR) is 71.8 cm³/mol. The van der Waals surface area contributed by atoms with Crippen LogP contribution in [0.25, 0.3) is 0 Å². The summed E-state index contributed by atoms with van der Waals surface area (Å²) in [5.74, 6) is 0.348. The van der Waals surface area contributed by atoms with Crippen LogP contribution in [0, 0.1) is 5.41 Å². The van der Waals surface area contributed by atoms with Crippen LogP contribution in [0.2, 0.25) is 0 Å². The first-order chi connectivity index (χ1) is 8.06. The Balaban J connectivity index is 2.23. The van der Waals surface area contributed by atoms with Crippen LogP contribution in [0.3, 0.4) is 0 Å². The molecule has 0 aliphatic carbocycles. The van der Waals surface area contributed by atoms with Gasteiger partial charge in [0, 0.05) is 24.9 Å². The van der Waals surface area contributed by atoms with Crippen molar-refractivity contribution < 1.29 is 4.79 Å². The molecule has 1 rings (SSSR count). The maximum atomic E-state index is 11.9. The number of carbonyl (C=O) groups is 1. The van der Waals surface area contributed by atoms with Gasteiger partial charge in [0.15, 0.2) is 0 Å². The third-order valence-electron chi connectivity index (χ3n) is 3.34. The Bertz CT molecular complexity index is 343. The highest BCUT2D eigenvalue weighted by molar-refractivity contribution is 5.84. The van der Waals surface area contributed by atoms with Crippen molar-refractivity contribution >= 4 is 5.78 Å². The lowest BCUT2D eigenvalue weighted by Gasteiger charge is -2.20. The molecule has 2 nitrogen and oxygen atoms in total. The minimum atomic E-state index is -0.172. The highest BCUT2D eigenvalue weighted by Gasteiger charge is 2.23. The van der Waals surface area contributed by atoms with E-state index in [1.807, 2.05) is 32.0 Å². The molecule has 0 radical (unpaired) electrons. The number of nitrogens with one attached hydrogen (secondary N) is 1. The molecule has 0 aliphatic heterocycles. The summed E-state index contributed by atoms with van der Waals surface area (Å²) >= 11 is 0. The second-order valence-corrected chi connectivity index (χ2v) is 5.07. The summed E-state index contributed by atoms with van der Waals surface area (Å²) in [6, 6.07) is 10.2. The molecular formula is C15H23NO. The van der Waals surface area contributed by atoms with Crippen LogP contribution >= 0.6 is 0 Å². The molecule has 1 aromatic carbocycles. The molecule has 0 fully saturated rings. The first-order valence-electron chi connectivity index (χ1n) is 6.34. The largest absolute Gasteiger partial charge is 0.312 e. The van der Waals surface area contributed by atoms with Gasteiger partial charge in [-0.15, -0.1) is 0 Å². The Labute approximate surface area is 104 Å². The third-order valence-corrected chi connectivity index (χ3v) is 3.34. The van der Waals surface area contributed by atoms with Crippen LogP contribution in [-0.2, 0) is 11.3 Å². The first-order valence-corrected chi connectivity index (χ1v) is 6.34. The summed E-state index contributed by atoms with van der Waals surface area (Å²) in [7, 11) is 0. The number of rotatable bonds is 7. The lowest BCUT2D eigenvalue weighted by Crippen LogP contribution is -2.27. The monoisotopic (exact) mass is 233 g/mol. The smallest absolute Gasteiger partial charge is 0.139 e. The van der Waals surface area contributed by atoms with E-state index in [-0.39, 0.29) is 5.41 Å². The fourth-order valence-corrected chi connectivity index (χ4v) is 1.57. The van der Waals surface area contributed by atoms with Crippen LogP contribution < -0.4 is 5.32 Å². The molecule has 0 atom stereocenters. The average molecular weight is 233 g/mol. The van der Waals surface area contributed by atoms with Gasteiger partial charge in [-0.2, -0.15) is 0 Å². The van der Waals surface area contributed by atoms with E-state index >= 15 is 0 Å². The van der Waals surface area contributed by atoms with Crippen molar-refractivity contribution in [2.24, 2.45) is 5.41 Å². The van der Waals surface area contributed by atoms with Crippen molar-refractivity contribution in [2.75, 3.05) is 6.54 Å². The number of hydrogen-bond acceptors (Lipinski definition) is 2. The molecule has 0 saturated heterocycles. The minimum Gasteiger partial charge on any atom is -0.312 e. The van der Waals surface area contributed by atoms with Gasteiger partial charge in [0.25, 0.3) is 0 Å². The molecule has 0 spiro atoms. The van der Waals surface area contributed by atoms with Gasteiger partial charge < -0.3 is 5.32 Å². The molecule has 94 valence electrons. The second-order valence-electron chi connectivity index (χ2n) is 5.07. The molecule has 0 unspecified atom stereocenters. The van der Waals surface area contributed by atoms with E-state index in [0.717, 1.165) is 19.5 Å². The molecule has 0 amide bonds. The number of hydrogen-bond donors (Lipinski definition) is 1. The Morgan fingerprint density at radius 3 is 2.47 bits per heavy atom. The zero-order valence-corrected chi connectivity index (χ0v) is 11.1. The maximum Gasteiger partial charge on any atom is 0.139 e. The van der Waals surface area contributed by atoms with E-state index in [2.05, 4.69) is 24.4 Å². The zero-order chi connectivity index (χ0) is 12.7. The van der Waals surface area contributed by atoms with E-state index in [4.69, 9.17) is 0 Å². The molecule has 1 N–H and O–H groups in total. The van der Waals surface area contributed by atoms with Crippen LogP contribution in [-0.4, -0.2) is 12.3 Å². The standard InChI is InChI=1S/C15H23NO/c1-4-15(2,3)14(17)10-11-16-12-13-8-6-5-7-9-13/h5-9,16H,4,10-12H2,1-3H3. The van der Waals surface area contributed by atoms with E-state index in [1.54, 1.807) is 0 Å². The van der Waals surface area contributed by atoms with Gasteiger partial charge in [-0.3, -0.25) is 4.79 Å². The molecule has 0 heterocycles. The number of carbonyl (C=O) groups excluding carboxylic acids is 1. The normalized spacial score (nSPS) is 11.5. The van der Waals surface area contributed by atoms with Gasteiger partial charge in [-0.25, -0.2) is 0 Å². The summed E-state index contributed by atoms with van der Waals surface area (Å²) in [6.07, 6.45) is 1.53. The van der Waals surface area contributed by atoms with Gasteiger partial charge in [0.2, 0.25) is 0 Å². The second kappa shape index (κ2) is 6.55. The van der Waals surface area contributed by atoms with Crippen molar-refractivity contribution in [1.82, 2.24) is 5.32 Å². The van der Waals surface area contributed by atoms with Crippen molar-refractivity contribution in [1.29, 1.82) is 0 Å².